The highest BCUT2D eigenvalue weighted by atomic mass is 16.6. The van der Waals surface area contributed by atoms with Crippen LogP contribution in [0.25, 0.3) is 11.3 Å². The molecule has 0 saturated carbocycles. The van der Waals surface area contributed by atoms with E-state index in [1.165, 1.54) is 0 Å². The molecule has 7 nitrogen and oxygen atoms in total. The summed E-state index contributed by atoms with van der Waals surface area (Å²) in [7, 11) is 0. The monoisotopic (exact) mass is 330 g/mol. The van der Waals surface area contributed by atoms with Gasteiger partial charge in [0.05, 0.1) is 19.3 Å². The Hall–Kier alpha value is -2.22. The van der Waals surface area contributed by atoms with Gasteiger partial charge in [0, 0.05) is 5.56 Å². The van der Waals surface area contributed by atoms with E-state index in [0.717, 1.165) is 5.56 Å². The van der Waals surface area contributed by atoms with Gasteiger partial charge in [-0.05, 0) is 6.92 Å². The first-order valence-corrected chi connectivity index (χ1v) is 7.89. The van der Waals surface area contributed by atoms with E-state index < -0.39 is 6.10 Å². The topological polar surface area (TPSA) is 93.8 Å². The molecular formula is C17H18N2O5. The summed E-state index contributed by atoms with van der Waals surface area (Å²) in [4.78, 5) is 12.8. The van der Waals surface area contributed by atoms with Crippen molar-refractivity contribution in [2.24, 2.45) is 0 Å². The van der Waals surface area contributed by atoms with Gasteiger partial charge in [-0.1, -0.05) is 35.5 Å². The van der Waals surface area contributed by atoms with Crippen LogP contribution in [0.4, 0.5) is 0 Å². The largest absolute Gasteiger partial charge is 0.388 e. The summed E-state index contributed by atoms with van der Waals surface area (Å²) in [5, 5.41) is 16.7. The predicted molar refractivity (Wildman–Crippen MR) is 83.4 cm³/mol. The zero-order valence-corrected chi connectivity index (χ0v) is 13.1. The fraction of sp³-hybridized carbons (Fsp3) is 0.412. The van der Waals surface area contributed by atoms with Crippen LogP contribution in [0.3, 0.4) is 0 Å². The Bertz CT molecular complexity index is 745. The van der Waals surface area contributed by atoms with Gasteiger partial charge in [0.1, 0.15) is 35.3 Å². The number of nitrogens with zero attached hydrogens (tertiary/aromatic N) is 1. The minimum atomic E-state index is -0.644. The second-order valence-electron chi connectivity index (χ2n) is 6.07. The molecule has 2 aromatic rings. The van der Waals surface area contributed by atoms with Crippen molar-refractivity contribution < 1.29 is 23.9 Å². The SMILES string of the molecule is Cc1onc(-c2ccccc2)c1C(=O)N[C@@H]1CO[C@H]2[C@@H]1OC[C@H]2O. The molecule has 2 aliphatic rings. The summed E-state index contributed by atoms with van der Waals surface area (Å²) in [6.07, 6.45) is -1.36. The Morgan fingerprint density at radius 3 is 2.75 bits per heavy atom. The molecule has 1 aromatic heterocycles. The second kappa shape index (κ2) is 6.01. The molecular weight excluding hydrogens is 312 g/mol. The number of hydrogen-bond donors (Lipinski definition) is 2. The molecule has 126 valence electrons. The lowest BCUT2D eigenvalue weighted by Crippen LogP contribution is -2.44. The number of rotatable bonds is 3. The van der Waals surface area contributed by atoms with E-state index in [-0.39, 0.29) is 30.8 Å². The third-order valence-corrected chi connectivity index (χ3v) is 4.48. The summed E-state index contributed by atoms with van der Waals surface area (Å²) in [5.74, 6) is 0.168. The molecule has 1 amide bonds. The van der Waals surface area contributed by atoms with Crippen molar-refractivity contribution in [2.75, 3.05) is 13.2 Å². The van der Waals surface area contributed by atoms with Gasteiger partial charge < -0.3 is 24.4 Å². The number of amides is 1. The summed E-state index contributed by atoms with van der Waals surface area (Å²) < 4.78 is 16.3. The highest BCUT2D eigenvalue weighted by Crippen LogP contribution is 2.29. The van der Waals surface area contributed by atoms with Gasteiger partial charge in [-0.15, -0.1) is 0 Å². The first-order valence-electron chi connectivity index (χ1n) is 7.89. The van der Waals surface area contributed by atoms with Crippen LogP contribution < -0.4 is 5.32 Å². The van der Waals surface area contributed by atoms with Crippen molar-refractivity contribution >= 4 is 5.91 Å². The molecule has 2 aliphatic heterocycles. The first kappa shape index (κ1) is 15.3. The van der Waals surface area contributed by atoms with E-state index in [0.29, 0.717) is 23.6 Å². The van der Waals surface area contributed by atoms with Crippen LogP contribution >= 0.6 is 0 Å². The Balaban J connectivity index is 1.57. The number of carbonyl (C=O) groups is 1. The molecule has 2 fully saturated rings. The quantitative estimate of drug-likeness (QED) is 0.869. The van der Waals surface area contributed by atoms with Crippen LogP contribution in [-0.2, 0) is 9.47 Å². The number of aliphatic hydroxyl groups excluding tert-OH is 1. The molecule has 24 heavy (non-hydrogen) atoms. The van der Waals surface area contributed by atoms with Crippen molar-refractivity contribution in [1.82, 2.24) is 10.5 Å². The average molecular weight is 330 g/mol. The van der Waals surface area contributed by atoms with Gasteiger partial charge in [0.2, 0.25) is 0 Å². The molecule has 4 rings (SSSR count). The van der Waals surface area contributed by atoms with Crippen LogP contribution in [0.15, 0.2) is 34.9 Å². The maximum Gasteiger partial charge on any atom is 0.257 e. The van der Waals surface area contributed by atoms with Crippen molar-refractivity contribution in [2.45, 2.75) is 31.3 Å². The number of carbonyl (C=O) groups excluding carboxylic acids is 1. The summed E-state index contributed by atoms with van der Waals surface area (Å²) >= 11 is 0. The minimum Gasteiger partial charge on any atom is -0.388 e. The third kappa shape index (κ3) is 2.50. The Kier molecular flexibility index (Phi) is 3.84. The van der Waals surface area contributed by atoms with E-state index in [2.05, 4.69) is 10.5 Å². The fourth-order valence-corrected chi connectivity index (χ4v) is 3.28. The number of hydrogen-bond acceptors (Lipinski definition) is 6. The number of nitrogens with one attached hydrogen (secondary N) is 1. The van der Waals surface area contributed by atoms with Crippen LogP contribution in [0.2, 0.25) is 0 Å². The zero-order valence-electron chi connectivity index (χ0n) is 13.1. The van der Waals surface area contributed by atoms with Crippen molar-refractivity contribution in [3.8, 4) is 11.3 Å². The van der Waals surface area contributed by atoms with E-state index in [9.17, 15) is 9.90 Å². The molecule has 0 aliphatic carbocycles. The number of aryl methyl sites for hydroxylation is 1. The van der Waals surface area contributed by atoms with E-state index in [4.69, 9.17) is 14.0 Å². The molecule has 2 saturated heterocycles. The fourth-order valence-electron chi connectivity index (χ4n) is 3.28. The summed E-state index contributed by atoms with van der Waals surface area (Å²) in [6, 6.07) is 9.10. The number of benzene rings is 1. The summed E-state index contributed by atoms with van der Waals surface area (Å²) in [5.41, 5.74) is 1.73. The van der Waals surface area contributed by atoms with Gasteiger partial charge in [0.15, 0.2) is 0 Å². The van der Waals surface area contributed by atoms with E-state index in [1.807, 2.05) is 30.3 Å². The molecule has 0 spiro atoms. The highest BCUT2D eigenvalue weighted by Gasteiger charge is 2.47. The first-order chi connectivity index (χ1) is 11.6. The maximum atomic E-state index is 12.8. The number of ether oxygens (including phenoxy) is 2. The third-order valence-electron chi connectivity index (χ3n) is 4.48. The molecule has 0 bridgehead atoms. The molecule has 0 unspecified atom stereocenters. The van der Waals surface area contributed by atoms with E-state index >= 15 is 0 Å². The molecule has 7 heteroatoms. The predicted octanol–water partition coefficient (Wildman–Crippen LogP) is 0.907. The lowest BCUT2D eigenvalue weighted by Gasteiger charge is -2.17. The number of aliphatic hydroxyl groups is 1. The smallest absolute Gasteiger partial charge is 0.257 e. The maximum absolute atomic E-state index is 12.8. The van der Waals surface area contributed by atoms with Crippen molar-refractivity contribution in [3.63, 3.8) is 0 Å². The minimum absolute atomic E-state index is 0.225. The van der Waals surface area contributed by atoms with Gasteiger partial charge in [-0.2, -0.15) is 0 Å². The number of fused-ring (bicyclic) bond motifs is 1. The number of aromatic nitrogens is 1. The Morgan fingerprint density at radius 1 is 1.21 bits per heavy atom. The van der Waals surface area contributed by atoms with Gasteiger partial charge in [0.25, 0.3) is 5.91 Å². The normalized spacial score (nSPS) is 28.8. The van der Waals surface area contributed by atoms with Crippen molar-refractivity contribution in [1.29, 1.82) is 0 Å². The van der Waals surface area contributed by atoms with Gasteiger partial charge in [-0.3, -0.25) is 4.79 Å². The molecule has 2 N–H and O–H groups in total. The van der Waals surface area contributed by atoms with Gasteiger partial charge in [-0.25, -0.2) is 0 Å². The van der Waals surface area contributed by atoms with Crippen LogP contribution in [0, 0.1) is 6.92 Å². The lowest BCUT2D eigenvalue weighted by molar-refractivity contribution is 0.0178. The molecule has 3 heterocycles. The van der Waals surface area contributed by atoms with Crippen molar-refractivity contribution in [3.05, 3.63) is 41.7 Å². The molecule has 4 atom stereocenters. The average Bonchev–Trinajstić information content (AvgIpc) is 3.26. The Labute approximate surface area is 138 Å². The van der Waals surface area contributed by atoms with Gasteiger partial charge >= 0.3 is 0 Å². The van der Waals surface area contributed by atoms with E-state index in [1.54, 1.807) is 6.92 Å². The molecule has 0 radical (unpaired) electrons. The standard InChI is InChI=1S/C17H18N2O5/c1-9-13(14(19-24-9)10-5-3-2-4-6-10)17(21)18-11-7-22-16-12(20)8-23-15(11)16/h2-6,11-12,15-16,20H,7-8H2,1H3,(H,18,21)/t11-,12-,15-,16-/m1/s1. The highest BCUT2D eigenvalue weighted by molar-refractivity contribution is 6.01. The van der Waals surface area contributed by atoms with Crippen LogP contribution in [0.5, 0.6) is 0 Å². The Morgan fingerprint density at radius 2 is 1.96 bits per heavy atom. The van der Waals surface area contributed by atoms with Crippen LogP contribution in [0.1, 0.15) is 16.1 Å². The zero-order chi connectivity index (χ0) is 16.7. The second-order valence-corrected chi connectivity index (χ2v) is 6.07. The molecule has 1 aromatic carbocycles. The lowest BCUT2D eigenvalue weighted by atomic mass is 10.0. The van der Waals surface area contributed by atoms with Crippen LogP contribution in [-0.4, -0.2) is 53.7 Å². The summed E-state index contributed by atoms with van der Waals surface area (Å²) in [6.45, 7) is 2.24.